The van der Waals surface area contributed by atoms with Crippen LogP contribution in [0, 0.1) is 12.8 Å². The molecule has 102 valence electrons. The lowest BCUT2D eigenvalue weighted by Crippen LogP contribution is -2.26. The highest BCUT2D eigenvalue weighted by Crippen LogP contribution is 2.25. The number of nitrogens with zero attached hydrogens (tertiary/aromatic N) is 2. The van der Waals surface area contributed by atoms with Gasteiger partial charge in [-0.05, 0) is 45.1 Å². The smallest absolute Gasteiger partial charge is 0.130 e. The summed E-state index contributed by atoms with van der Waals surface area (Å²) in [5.74, 6) is 0.677. The first kappa shape index (κ1) is 13.9. The molecule has 0 saturated heterocycles. The van der Waals surface area contributed by atoms with E-state index in [2.05, 4.69) is 24.3 Å². The molecule has 2 rings (SSSR count). The molecule has 0 aliphatic heterocycles. The van der Waals surface area contributed by atoms with Crippen molar-refractivity contribution in [3.63, 3.8) is 0 Å². The van der Waals surface area contributed by atoms with Gasteiger partial charge in [0, 0.05) is 18.7 Å². The topological polar surface area (TPSA) is 29.9 Å². The van der Waals surface area contributed by atoms with Gasteiger partial charge in [-0.3, -0.25) is 4.68 Å². The van der Waals surface area contributed by atoms with Crippen molar-refractivity contribution in [1.29, 1.82) is 0 Å². The zero-order valence-electron chi connectivity index (χ0n) is 11.7. The van der Waals surface area contributed by atoms with Crippen LogP contribution in [0.4, 0.5) is 0 Å². The molecule has 1 fully saturated rings. The molecule has 1 atom stereocenters. The van der Waals surface area contributed by atoms with Crippen LogP contribution in [0.5, 0.6) is 0 Å². The zero-order chi connectivity index (χ0) is 13.1. The molecule has 4 heteroatoms. The Morgan fingerprint density at radius 3 is 2.72 bits per heavy atom. The molecule has 0 amide bonds. The van der Waals surface area contributed by atoms with Crippen LogP contribution >= 0.6 is 11.6 Å². The number of hydrogen-bond donors (Lipinski definition) is 1. The average Bonchev–Trinajstić information content (AvgIpc) is 3.11. The lowest BCUT2D eigenvalue weighted by Gasteiger charge is -2.16. The predicted octanol–water partition coefficient (Wildman–Crippen LogP) is 3.09. The number of halogens is 1. The van der Waals surface area contributed by atoms with Gasteiger partial charge in [0.1, 0.15) is 5.15 Å². The van der Waals surface area contributed by atoms with Gasteiger partial charge in [-0.25, -0.2) is 0 Å². The molecule has 1 unspecified atom stereocenters. The van der Waals surface area contributed by atoms with Crippen molar-refractivity contribution < 1.29 is 0 Å². The summed E-state index contributed by atoms with van der Waals surface area (Å²) in [7, 11) is 1.91. The van der Waals surface area contributed by atoms with E-state index in [-0.39, 0.29) is 0 Å². The van der Waals surface area contributed by atoms with Gasteiger partial charge in [0.15, 0.2) is 0 Å². The molecule has 1 aromatic rings. The summed E-state index contributed by atoms with van der Waals surface area (Å²) in [6, 6.07) is 0.787. The molecule has 0 radical (unpaired) electrons. The molecule has 0 bridgehead atoms. The quantitative estimate of drug-likeness (QED) is 0.824. The first-order chi connectivity index (χ1) is 8.61. The number of hydrogen-bond acceptors (Lipinski definition) is 2. The van der Waals surface area contributed by atoms with Crippen LogP contribution in [0.15, 0.2) is 0 Å². The number of rotatable bonds is 7. The summed E-state index contributed by atoms with van der Waals surface area (Å²) in [6.07, 6.45) is 6.24. The molecule has 0 aromatic carbocycles. The van der Waals surface area contributed by atoms with Crippen molar-refractivity contribution in [3.8, 4) is 0 Å². The lowest BCUT2D eigenvalue weighted by atomic mass is 9.95. The Balaban J connectivity index is 1.97. The van der Waals surface area contributed by atoms with Crippen molar-refractivity contribution in [2.75, 3.05) is 6.54 Å². The number of nitrogens with one attached hydrogen (secondary N) is 1. The summed E-state index contributed by atoms with van der Waals surface area (Å²) in [4.78, 5) is 0. The maximum atomic E-state index is 6.31. The third-order valence-electron chi connectivity index (χ3n) is 3.73. The SMILES string of the molecule is CCCC(CNC1CC1)Cc1c(C)nn(C)c1Cl. The molecule has 1 saturated carbocycles. The maximum Gasteiger partial charge on any atom is 0.130 e. The van der Waals surface area contributed by atoms with E-state index in [4.69, 9.17) is 11.6 Å². The van der Waals surface area contributed by atoms with E-state index in [9.17, 15) is 0 Å². The molecule has 1 heterocycles. The largest absolute Gasteiger partial charge is 0.314 e. The van der Waals surface area contributed by atoms with E-state index in [0.29, 0.717) is 5.92 Å². The Kier molecular flexibility index (Phi) is 4.68. The molecule has 3 nitrogen and oxygen atoms in total. The van der Waals surface area contributed by atoms with E-state index in [0.717, 1.165) is 29.9 Å². The minimum atomic E-state index is 0.677. The molecule has 18 heavy (non-hydrogen) atoms. The van der Waals surface area contributed by atoms with E-state index in [1.807, 2.05) is 7.05 Å². The fraction of sp³-hybridized carbons (Fsp3) is 0.786. The fourth-order valence-corrected chi connectivity index (χ4v) is 2.75. The predicted molar refractivity (Wildman–Crippen MR) is 76.1 cm³/mol. The van der Waals surface area contributed by atoms with Crippen molar-refractivity contribution in [3.05, 3.63) is 16.4 Å². The van der Waals surface area contributed by atoms with Gasteiger partial charge in [0.05, 0.1) is 5.69 Å². The normalized spacial score (nSPS) is 17.1. The molecular weight excluding hydrogens is 246 g/mol. The van der Waals surface area contributed by atoms with E-state index >= 15 is 0 Å². The van der Waals surface area contributed by atoms with Crippen LogP contribution in [-0.4, -0.2) is 22.4 Å². The van der Waals surface area contributed by atoms with Crippen LogP contribution in [0.1, 0.15) is 43.9 Å². The van der Waals surface area contributed by atoms with Crippen molar-refractivity contribution in [2.24, 2.45) is 13.0 Å². The molecule has 1 aliphatic rings. The van der Waals surface area contributed by atoms with E-state index < -0.39 is 0 Å². The Morgan fingerprint density at radius 1 is 1.50 bits per heavy atom. The van der Waals surface area contributed by atoms with Crippen molar-refractivity contribution in [2.45, 2.75) is 52.0 Å². The third kappa shape index (κ3) is 3.48. The summed E-state index contributed by atoms with van der Waals surface area (Å²) < 4.78 is 1.78. The molecule has 0 spiro atoms. The minimum absolute atomic E-state index is 0.677. The maximum absolute atomic E-state index is 6.31. The second-order valence-electron chi connectivity index (χ2n) is 5.52. The standard InChI is InChI=1S/C14H24ClN3/c1-4-5-11(9-16-12-6-7-12)8-13-10(2)17-18(3)14(13)15/h11-12,16H,4-9H2,1-3H3. The number of aryl methyl sites for hydroxylation is 2. The lowest BCUT2D eigenvalue weighted by molar-refractivity contribution is 0.436. The van der Waals surface area contributed by atoms with Crippen LogP contribution < -0.4 is 5.32 Å². The summed E-state index contributed by atoms with van der Waals surface area (Å²) in [5, 5.41) is 8.84. The van der Waals surface area contributed by atoms with Gasteiger partial charge < -0.3 is 5.32 Å². The Bertz CT molecular complexity index is 396. The first-order valence-corrected chi connectivity index (χ1v) is 7.41. The summed E-state index contributed by atoms with van der Waals surface area (Å²) >= 11 is 6.31. The van der Waals surface area contributed by atoms with Gasteiger partial charge >= 0.3 is 0 Å². The molecule has 1 aliphatic carbocycles. The molecule has 1 aromatic heterocycles. The summed E-state index contributed by atoms with van der Waals surface area (Å²) in [5.41, 5.74) is 2.31. The highest BCUT2D eigenvalue weighted by Gasteiger charge is 2.23. The minimum Gasteiger partial charge on any atom is -0.314 e. The van der Waals surface area contributed by atoms with Gasteiger partial charge in [-0.15, -0.1) is 0 Å². The van der Waals surface area contributed by atoms with Crippen molar-refractivity contribution in [1.82, 2.24) is 15.1 Å². The summed E-state index contributed by atoms with van der Waals surface area (Å²) in [6.45, 7) is 5.42. The number of aromatic nitrogens is 2. The van der Waals surface area contributed by atoms with Gasteiger partial charge in [-0.1, -0.05) is 24.9 Å². The Labute approximate surface area is 115 Å². The van der Waals surface area contributed by atoms with Crippen LogP contribution in [0.3, 0.4) is 0 Å². The molecular formula is C14H24ClN3. The van der Waals surface area contributed by atoms with Crippen LogP contribution in [0.2, 0.25) is 5.15 Å². The van der Waals surface area contributed by atoms with Gasteiger partial charge in [-0.2, -0.15) is 5.10 Å². The monoisotopic (exact) mass is 269 g/mol. The molecule has 1 N–H and O–H groups in total. The van der Waals surface area contributed by atoms with E-state index in [1.165, 1.54) is 31.2 Å². The highest BCUT2D eigenvalue weighted by atomic mass is 35.5. The van der Waals surface area contributed by atoms with Crippen LogP contribution in [0.25, 0.3) is 0 Å². The second-order valence-corrected chi connectivity index (χ2v) is 5.88. The Hall–Kier alpha value is -0.540. The van der Waals surface area contributed by atoms with E-state index in [1.54, 1.807) is 4.68 Å². The average molecular weight is 270 g/mol. The van der Waals surface area contributed by atoms with Gasteiger partial charge in [0.2, 0.25) is 0 Å². The van der Waals surface area contributed by atoms with Crippen LogP contribution in [-0.2, 0) is 13.5 Å². The van der Waals surface area contributed by atoms with Crippen molar-refractivity contribution >= 4 is 11.6 Å². The highest BCUT2D eigenvalue weighted by molar-refractivity contribution is 6.30. The second kappa shape index (κ2) is 6.07. The Morgan fingerprint density at radius 2 is 2.22 bits per heavy atom. The van der Waals surface area contributed by atoms with Gasteiger partial charge in [0.25, 0.3) is 0 Å². The third-order valence-corrected chi connectivity index (χ3v) is 4.20. The first-order valence-electron chi connectivity index (χ1n) is 7.03. The zero-order valence-corrected chi connectivity index (χ0v) is 12.4. The fourth-order valence-electron chi connectivity index (χ4n) is 2.50.